The molecule has 1 atom stereocenters. The highest BCUT2D eigenvalue weighted by Gasteiger charge is 2.04. The summed E-state index contributed by atoms with van der Waals surface area (Å²) in [6.45, 7) is 3.50. The maximum Gasteiger partial charge on any atom is 0.129 e. The average Bonchev–Trinajstić information content (AvgIpc) is 2.63. The van der Waals surface area contributed by atoms with Crippen LogP contribution < -0.4 is 5.73 Å². The van der Waals surface area contributed by atoms with Gasteiger partial charge in [0.2, 0.25) is 0 Å². The highest BCUT2D eigenvalue weighted by molar-refractivity contribution is 5.11. The van der Waals surface area contributed by atoms with Gasteiger partial charge in [0.1, 0.15) is 12.4 Å². The standard InChI is InChI=1S/C10H17NO3/c1-8(5-12-2)13-7-10-3-9(4-11)6-14-10/h3,6,8H,4-5,7,11H2,1-2H3. The van der Waals surface area contributed by atoms with Crippen molar-refractivity contribution in [2.24, 2.45) is 5.73 Å². The highest BCUT2D eigenvalue weighted by Crippen LogP contribution is 2.09. The maximum atomic E-state index is 5.47. The van der Waals surface area contributed by atoms with Crippen LogP contribution in [0.25, 0.3) is 0 Å². The van der Waals surface area contributed by atoms with Gasteiger partial charge in [-0.05, 0) is 13.0 Å². The second-order valence-corrected chi connectivity index (χ2v) is 3.20. The lowest BCUT2D eigenvalue weighted by atomic mass is 10.3. The number of rotatable bonds is 6. The van der Waals surface area contributed by atoms with Crippen LogP contribution >= 0.6 is 0 Å². The Balaban J connectivity index is 2.30. The van der Waals surface area contributed by atoms with Gasteiger partial charge in [-0.1, -0.05) is 0 Å². The molecule has 0 saturated heterocycles. The minimum Gasteiger partial charge on any atom is -0.467 e. The molecule has 1 rings (SSSR count). The van der Waals surface area contributed by atoms with Crippen LogP contribution in [0.5, 0.6) is 0 Å². The molecule has 2 N–H and O–H groups in total. The smallest absolute Gasteiger partial charge is 0.129 e. The van der Waals surface area contributed by atoms with E-state index < -0.39 is 0 Å². The van der Waals surface area contributed by atoms with Crippen molar-refractivity contribution in [1.82, 2.24) is 0 Å². The van der Waals surface area contributed by atoms with Crippen molar-refractivity contribution in [2.45, 2.75) is 26.2 Å². The predicted molar refractivity (Wildman–Crippen MR) is 52.7 cm³/mol. The van der Waals surface area contributed by atoms with Gasteiger partial charge in [-0.3, -0.25) is 0 Å². The van der Waals surface area contributed by atoms with E-state index in [-0.39, 0.29) is 6.10 Å². The molecule has 14 heavy (non-hydrogen) atoms. The molecule has 1 heterocycles. The molecule has 0 aliphatic rings. The molecule has 1 unspecified atom stereocenters. The lowest BCUT2D eigenvalue weighted by Crippen LogP contribution is -2.14. The van der Waals surface area contributed by atoms with Crippen LogP contribution in [-0.4, -0.2) is 19.8 Å². The molecular formula is C10H17NO3. The van der Waals surface area contributed by atoms with Crippen LogP contribution in [0.4, 0.5) is 0 Å². The van der Waals surface area contributed by atoms with Crippen molar-refractivity contribution in [3.8, 4) is 0 Å². The number of furan rings is 1. The minimum absolute atomic E-state index is 0.0754. The summed E-state index contributed by atoms with van der Waals surface area (Å²) in [7, 11) is 1.65. The van der Waals surface area contributed by atoms with E-state index in [4.69, 9.17) is 19.6 Å². The van der Waals surface area contributed by atoms with Gasteiger partial charge in [-0.2, -0.15) is 0 Å². The van der Waals surface area contributed by atoms with Gasteiger partial charge in [0, 0.05) is 19.2 Å². The number of hydrogen-bond acceptors (Lipinski definition) is 4. The van der Waals surface area contributed by atoms with E-state index in [9.17, 15) is 0 Å². The quantitative estimate of drug-likeness (QED) is 0.750. The van der Waals surface area contributed by atoms with E-state index in [0.717, 1.165) is 11.3 Å². The molecule has 4 heteroatoms. The summed E-state index contributed by atoms with van der Waals surface area (Å²) in [4.78, 5) is 0. The fourth-order valence-electron chi connectivity index (χ4n) is 1.12. The first-order valence-corrected chi connectivity index (χ1v) is 4.63. The Morgan fingerprint density at radius 3 is 2.93 bits per heavy atom. The molecule has 1 aromatic heterocycles. The second-order valence-electron chi connectivity index (χ2n) is 3.20. The fraction of sp³-hybridized carbons (Fsp3) is 0.600. The zero-order valence-corrected chi connectivity index (χ0v) is 8.66. The van der Waals surface area contributed by atoms with E-state index in [1.54, 1.807) is 13.4 Å². The Bertz CT molecular complexity index is 260. The topological polar surface area (TPSA) is 57.6 Å². The number of ether oxygens (including phenoxy) is 2. The van der Waals surface area contributed by atoms with E-state index in [0.29, 0.717) is 19.8 Å². The van der Waals surface area contributed by atoms with E-state index in [1.165, 1.54) is 0 Å². The first-order chi connectivity index (χ1) is 6.76. The molecule has 80 valence electrons. The third-order valence-electron chi connectivity index (χ3n) is 1.86. The lowest BCUT2D eigenvalue weighted by molar-refractivity contribution is -0.00635. The summed E-state index contributed by atoms with van der Waals surface area (Å²) in [5, 5.41) is 0. The molecule has 0 radical (unpaired) electrons. The van der Waals surface area contributed by atoms with Gasteiger partial charge >= 0.3 is 0 Å². The van der Waals surface area contributed by atoms with Crippen LogP contribution in [-0.2, 0) is 22.6 Å². The molecular weight excluding hydrogens is 182 g/mol. The first-order valence-electron chi connectivity index (χ1n) is 4.63. The molecule has 0 fully saturated rings. The number of nitrogens with two attached hydrogens (primary N) is 1. The van der Waals surface area contributed by atoms with E-state index >= 15 is 0 Å². The van der Waals surface area contributed by atoms with E-state index in [1.807, 2.05) is 13.0 Å². The van der Waals surface area contributed by atoms with Crippen LogP contribution in [0.1, 0.15) is 18.2 Å². The molecule has 0 bridgehead atoms. The van der Waals surface area contributed by atoms with Crippen LogP contribution in [0.3, 0.4) is 0 Å². The summed E-state index contributed by atoms with van der Waals surface area (Å²) < 4.78 is 15.6. The third-order valence-corrected chi connectivity index (χ3v) is 1.86. The maximum absolute atomic E-state index is 5.47. The van der Waals surface area contributed by atoms with Crippen molar-refractivity contribution in [3.63, 3.8) is 0 Å². The van der Waals surface area contributed by atoms with Gasteiger partial charge < -0.3 is 19.6 Å². The van der Waals surface area contributed by atoms with Crippen LogP contribution in [0.15, 0.2) is 16.7 Å². The minimum atomic E-state index is 0.0754. The average molecular weight is 199 g/mol. The number of hydrogen-bond donors (Lipinski definition) is 1. The zero-order chi connectivity index (χ0) is 10.4. The van der Waals surface area contributed by atoms with Crippen molar-refractivity contribution >= 4 is 0 Å². The first kappa shape index (κ1) is 11.2. The van der Waals surface area contributed by atoms with Gasteiger partial charge in [0.25, 0.3) is 0 Å². The second kappa shape index (κ2) is 5.80. The molecule has 0 aliphatic heterocycles. The molecule has 0 amide bonds. The molecule has 0 aromatic carbocycles. The number of methoxy groups -OCH3 is 1. The van der Waals surface area contributed by atoms with Gasteiger partial charge in [-0.25, -0.2) is 0 Å². The zero-order valence-electron chi connectivity index (χ0n) is 8.66. The Labute approximate surface area is 84.0 Å². The third kappa shape index (κ3) is 3.49. The van der Waals surface area contributed by atoms with Gasteiger partial charge in [0.15, 0.2) is 0 Å². The van der Waals surface area contributed by atoms with Gasteiger partial charge in [0.05, 0.1) is 19.0 Å². The normalized spacial score (nSPS) is 13.1. The Kier molecular flexibility index (Phi) is 4.65. The molecule has 0 saturated carbocycles. The SMILES string of the molecule is COCC(C)OCc1cc(CN)co1. The van der Waals surface area contributed by atoms with Crippen molar-refractivity contribution in [2.75, 3.05) is 13.7 Å². The monoisotopic (exact) mass is 199 g/mol. The molecule has 4 nitrogen and oxygen atoms in total. The molecule has 1 aromatic rings. The van der Waals surface area contributed by atoms with Crippen LogP contribution in [0.2, 0.25) is 0 Å². The van der Waals surface area contributed by atoms with Crippen molar-refractivity contribution in [3.05, 3.63) is 23.7 Å². The summed E-state index contributed by atoms with van der Waals surface area (Å²) in [6.07, 6.45) is 1.73. The Morgan fingerprint density at radius 1 is 1.57 bits per heavy atom. The van der Waals surface area contributed by atoms with Crippen LogP contribution in [0, 0.1) is 0 Å². The summed E-state index contributed by atoms with van der Waals surface area (Å²) >= 11 is 0. The Hall–Kier alpha value is -0.840. The Morgan fingerprint density at radius 2 is 2.36 bits per heavy atom. The summed E-state index contributed by atoms with van der Waals surface area (Å²) in [5.41, 5.74) is 6.43. The van der Waals surface area contributed by atoms with E-state index in [2.05, 4.69) is 0 Å². The largest absolute Gasteiger partial charge is 0.467 e. The molecule has 0 spiro atoms. The fourth-order valence-corrected chi connectivity index (χ4v) is 1.12. The predicted octanol–water partition coefficient (Wildman–Crippen LogP) is 1.29. The van der Waals surface area contributed by atoms with Gasteiger partial charge in [-0.15, -0.1) is 0 Å². The molecule has 0 aliphatic carbocycles. The highest BCUT2D eigenvalue weighted by atomic mass is 16.5. The van der Waals surface area contributed by atoms with Crippen molar-refractivity contribution in [1.29, 1.82) is 0 Å². The summed E-state index contributed by atoms with van der Waals surface area (Å²) in [5.74, 6) is 0.799. The lowest BCUT2D eigenvalue weighted by Gasteiger charge is -2.09. The summed E-state index contributed by atoms with van der Waals surface area (Å²) in [6, 6.07) is 1.90. The van der Waals surface area contributed by atoms with Crippen molar-refractivity contribution < 1.29 is 13.9 Å².